The number of hydrogen-bond acceptors (Lipinski definition) is 2. The van der Waals surface area contributed by atoms with Gasteiger partial charge in [-0.05, 0) is 12.8 Å². The van der Waals surface area contributed by atoms with E-state index in [2.05, 4.69) is 36.1 Å². The molecule has 12 heavy (non-hydrogen) atoms. The maximum atomic E-state index is 4.13. The van der Waals surface area contributed by atoms with Crippen molar-refractivity contribution in [3.8, 4) is 0 Å². The number of H-pyrrole nitrogens is 1. The third-order valence-corrected chi connectivity index (χ3v) is 2.15. The van der Waals surface area contributed by atoms with E-state index >= 15 is 0 Å². The Morgan fingerprint density at radius 2 is 2.25 bits per heavy atom. The lowest BCUT2D eigenvalue weighted by atomic mass is 10.1. The van der Waals surface area contributed by atoms with Gasteiger partial charge in [-0.25, -0.2) is 4.98 Å². The molecule has 0 aliphatic rings. The predicted octanol–water partition coefficient (Wildman–Crippen LogP) is 1.54. The molecule has 0 fully saturated rings. The molecule has 1 rings (SSSR count). The van der Waals surface area contributed by atoms with E-state index in [-0.39, 0.29) is 0 Å². The molecule has 0 amide bonds. The summed E-state index contributed by atoms with van der Waals surface area (Å²) in [4.78, 5) is 7.19. The molecule has 1 aromatic rings. The third kappa shape index (κ3) is 2.66. The van der Waals surface area contributed by atoms with Gasteiger partial charge in [-0.3, -0.25) is 0 Å². The van der Waals surface area contributed by atoms with Gasteiger partial charge in [-0.1, -0.05) is 13.8 Å². The summed E-state index contributed by atoms with van der Waals surface area (Å²) in [7, 11) is 0. The third-order valence-electron chi connectivity index (χ3n) is 2.15. The topological polar surface area (TPSA) is 40.7 Å². The molecule has 0 bridgehead atoms. The highest BCUT2D eigenvalue weighted by Gasteiger charge is 2.05. The average molecular weight is 167 g/mol. The van der Waals surface area contributed by atoms with E-state index in [4.69, 9.17) is 0 Å². The van der Waals surface area contributed by atoms with Crippen LogP contribution in [0.15, 0.2) is 12.4 Å². The van der Waals surface area contributed by atoms with Crippen LogP contribution in [0.25, 0.3) is 0 Å². The first kappa shape index (κ1) is 9.26. The van der Waals surface area contributed by atoms with Gasteiger partial charge in [0.25, 0.3) is 0 Å². The molecule has 0 aromatic carbocycles. The van der Waals surface area contributed by atoms with Crippen molar-refractivity contribution in [2.45, 2.75) is 33.4 Å². The maximum absolute atomic E-state index is 4.13. The van der Waals surface area contributed by atoms with Crippen LogP contribution in [0.2, 0.25) is 0 Å². The maximum Gasteiger partial charge on any atom is 0.120 e. The minimum absolute atomic E-state index is 0.537. The zero-order chi connectivity index (χ0) is 8.97. The average Bonchev–Trinajstić information content (AvgIpc) is 2.51. The van der Waals surface area contributed by atoms with Crippen LogP contribution in [0.5, 0.6) is 0 Å². The van der Waals surface area contributed by atoms with E-state index in [0.717, 1.165) is 12.4 Å². The van der Waals surface area contributed by atoms with Crippen molar-refractivity contribution in [2.75, 3.05) is 0 Å². The molecule has 0 unspecified atom stereocenters. The zero-order valence-electron chi connectivity index (χ0n) is 7.96. The van der Waals surface area contributed by atoms with E-state index in [0.29, 0.717) is 12.0 Å². The summed E-state index contributed by atoms with van der Waals surface area (Å²) in [6.07, 6.45) is 3.62. The van der Waals surface area contributed by atoms with Gasteiger partial charge in [0.2, 0.25) is 0 Å². The number of nitrogens with zero attached hydrogens (tertiary/aromatic N) is 1. The summed E-state index contributed by atoms with van der Waals surface area (Å²) in [5, 5.41) is 3.39. The van der Waals surface area contributed by atoms with Crippen molar-refractivity contribution in [3.63, 3.8) is 0 Å². The smallest absolute Gasteiger partial charge is 0.120 e. The molecule has 0 saturated heterocycles. The highest BCUT2D eigenvalue weighted by Crippen LogP contribution is 2.00. The summed E-state index contributed by atoms with van der Waals surface area (Å²) in [6, 6.07) is 0.537. The predicted molar refractivity (Wildman–Crippen MR) is 49.7 cm³/mol. The summed E-state index contributed by atoms with van der Waals surface area (Å²) in [5.41, 5.74) is 0. The molecule has 3 heteroatoms. The Kier molecular flexibility index (Phi) is 3.29. The molecular weight excluding hydrogens is 150 g/mol. The number of hydrogen-bond donors (Lipinski definition) is 2. The van der Waals surface area contributed by atoms with Crippen molar-refractivity contribution < 1.29 is 0 Å². The number of aromatic nitrogens is 2. The Hall–Kier alpha value is -0.830. The Morgan fingerprint density at radius 1 is 1.50 bits per heavy atom. The molecule has 1 heterocycles. The SMILES string of the molecule is CC(C)[C@@H](C)NCc1ncc[nH]1. The van der Waals surface area contributed by atoms with Gasteiger partial charge in [-0.2, -0.15) is 0 Å². The summed E-state index contributed by atoms with van der Waals surface area (Å²) in [5.74, 6) is 1.67. The molecular formula is C9H17N3. The minimum atomic E-state index is 0.537. The number of nitrogens with one attached hydrogen (secondary N) is 2. The van der Waals surface area contributed by atoms with Gasteiger partial charge in [-0.15, -0.1) is 0 Å². The Labute approximate surface area is 73.6 Å². The Balaban J connectivity index is 2.27. The quantitative estimate of drug-likeness (QED) is 0.714. The van der Waals surface area contributed by atoms with Gasteiger partial charge in [0.05, 0.1) is 6.54 Å². The standard InChI is InChI=1S/C9H17N3/c1-7(2)8(3)12-6-9-10-4-5-11-9/h4-5,7-8,12H,6H2,1-3H3,(H,10,11)/t8-/m1/s1. The summed E-state index contributed by atoms with van der Waals surface area (Å²) in [6.45, 7) is 7.43. The molecule has 0 spiro atoms. The van der Waals surface area contributed by atoms with E-state index in [1.54, 1.807) is 6.20 Å². The summed E-state index contributed by atoms with van der Waals surface area (Å²) >= 11 is 0. The van der Waals surface area contributed by atoms with Crippen molar-refractivity contribution in [3.05, 3.63) is 18.2 Å². The molecule has 0 saturated carbocycles. The molecule has 0 aliphatic heterocycles. The van der Waals surface area contributed by atoms with Crippen molar-refractivity contribution in [2.24, 2.45) is 5.92 Å². The molecule has 1 atom stereocenters. The van der Waals surface area contributed by atoms with Crippen LogP contribution < -0.4 is 5.32 Å². The second-order valence-electron chi connectivity index (χ2n) is 3.45. The van der Waals surface area contributed by atoms with Crippen LogP contribution in [-0.2, 0) is 6.54 Å². The van der Waals surface area contributed by atoms with Crippen molar-refractivity contribution >= 4 is 0 Å². The second kappa shape index (κ2) is 4.26. The largest absolute Gasteiger partial charge is 0.348 e. The molecule has 1 aromatic heterocycles. The van der Waals surface area contributed by atoms with Gasteiger partial charge in [0.1, 0.15) is 5.82 Å². The number of rotatable bonds is 4. The first-order valence-corrected chi connectivity index (χ1v) is 4.41. The Bertz CT molecular complexity index is 204. The van der Waals surface area contributed by atoms with Crippen LogP contribution in [0.3, 0.4) is 0 Å². The van der Waals surface area contributed by atoms with Crippen molar-refractivity contribution in [1.82, 2.24) is 15.3 Å². The van der Waals surface area contributed by atoms with E-state index in [1.807, 2.05) is 6.20 Å². The van der Waals surface area contributed by atoms with Gasteiger partial charge in [0, 0.05) is 18.4 Å². The van der Waals surface area contributed by atoms with Crippen molar-refractivity contribution in [1.29, 1.82) is 0 Å². The van der Waals surface area contributed by atoms with E-state index < -0.39 is 0 Å². The van der Waals surface area contributed by atoms with E-state index in [1.165, 1.54) is 0 Å². The zero-order valence-corrected chi connectivity index (χ0v) is 7.96. The lowest BCUT2D eigenvalue weighted by molar-refractivity contribution is 0.422. The highest BCUT2D eigenvalue weighted by atomic mass is 15.0. The van der Waals surface area contributed by atoms with Crippen LogP contribution >= 0.6 is 0 Å². The summed E-state index contributed by atoms with van der Waals surface area (Å²) < 4.78 is 0. The number of aromatic amines is 1. The highest BCUT2D eigenvalue weighted by molar-refractivity contribution is 4.86. The molecule has 68 valence electrons. The fraction of sp³-hybridized carbons (Fsp3) is 0.667. The van der Waals surface area contributed by atoms with Crippen LogP contribution in [0.1, 0.15) is 26.6 Å². The van der Waals surface area contributed by atoms with Gasteiger partial charge in [0.15, 0.2) is 0 Å². The second-order valence-corrected chi connectivity index (χ2v) is 3.45. The van der Waals surface area contributed by atoms with Crippen LogP contribution in [-0.4, -0.2) is 16.0 Å². The Morgan fingerprint density at radius 3 is 2.75 bits per heavy atom. The van der Waals surface area contributed by atoms with Gasteiger partial charge >= 0.3 is 0 Å². The van der Waals surface area contributed by atoms with E-state index in [9.17, 15) is 0 Å². The fourth-order valence-corrected chi connectivity index (χ4v) is 0.888. The lowest BCUT2D eigenvalue weighted by Gasteiger charge is -2.16. The molecule has 0 aliphatic carbocycles. The first-order valence-electron chi connectivity index (χ1n) is 4.41. The van der Waals surface area contributed by atoms with Crippen LogP contribution in [0, 0.1) is 5.92 Å². The van der Waals surface area contributed by atoms with Crippen LogP contribution in [0.4, 0.5) is 0 Å². The molecule has 2 N–H and O–H groups in total. The monoisotopic (exact) mass is 167 g/mol. The molecule has 0 radical (unpaired) electrons. The first-order chi connectivity index (χ1) is 5.70. The lowest BCUT2D eigenvalue weighted by Crippen LogP contribution is -2.30. The minimum Gasteiger partial charge on any atom is -0.348 e. The molecule has 3 nitrogen and oxygen atoms in total. The fourth-order valence-electron chi connectivity index (χ4n) is 0.888. The normalized spacial score (nSPS) is 13.7. The van der Waals surface area contributed by atoms with Gasteiger partial charge < -0.3 is 10.3 Å². The number of imidazole rings is 1.